The Balaban J connectivity index is 0.979. The Bertz CT molecular complexity index is 1940. The Morgan fingerprint density at radius 1 is 0.404 bits per heavy atom. The maximum Gasteiger partial charge on any atom is 0.118 e. The second-order valence-electron chi connectivity index (χ2n) is 17.1. The van der Waals surface area contributed by atoms with Crippen LogP contribution in [-0.2, 0) is 10.8 Å². The van der Waals surface area contributed by atoms with E-state index in [4.69, 9.17) is 0 Å². The van der Waals surface area contributed by atoms with E-state index in [2.05, 4.69) is 72.8 Å². The molecule has 0 amide bonds. The highest BCUT2D eigenvalue weighted by atomic mass is 16.3. The first-order chi connectivity index (χ1) is 25.0. The molecular formula is C48H50O4. The quantitative estimate of drug-likeness (QED) is 0.143. The van der Waals surface area contributed by atoms with Gasteiger partial charge < -0.3 is 20.4 Å². The average Bonchev–Trinajstić information content (AvgIpc) is 3.93. The Morgan fingerprint density at radius 3 is 0.923 bits per heavy atom. The van der Waals surface area contributed by atoms with Gasteiger partial charge in [0.1, 0.15) is 23.0 Å². The van der Waals surface area contributed by atoms with Gasteiger partial charge in [0.2, 0.25) is 0 Å². The summed E-state index contributed by atoms with van der Waals surface area (Å²) in [6.45, 7) is 7.96. The average molecular weight is 691 g/mol. The number of aryl methyl sites for hydroxylation is 4. The highest BCUT2D eigenvalue weighted by molar-refractivity contribution is 5.53. The second kappa shape index (κ2) is 11.9. The molecule has 0 saturated heterocycles. The molecular weight excluding hydrogens is 641 g/mol. The Kier molecular flexibility index (Phi) is 7.60. The maximum absolute atomic E-state index is 10.4. The summed E-state index contributed by atoms with van der Waals surface area (Å²) in [5.74, 6) is 4.56. The molecule has 6 atom stereocenters. The summed E-state index contributed by atoms with van der Waals surface area (Å²) in [5, 5.41) is 41.6. The molecule has 0 radical (unpaired) electrons. The summed E-state index contributed by atoms with van der Waals surface area (Å²) in [4.78, 5) is 0. The lowest BCUT2D eigenvalue weighted by Gasteiger charge is -2.42. The van der Waals surface area contributed by atoms with E-state index in [-0.39, 0.29) is 10.8 Å². The number of phenols is 4. The molecule has 0 spiro atoms. The highest BCUT2D eigenvalue weighted by Gasteiger charge is 2.58. The minimum absolute atomic E-state index is 0.125. The van der Waals surface area contributed by atoms with Crippen LogP contribution in [0.15, 0.2) is 97.1 Å². The molecule has 4 N–H and O–H groups in total. The fraction of sp³-hybridized carbons (Fsp3) is 0.375. The maximum atomic E-state index is 10.4. The summed E-state index contributed by atoms with van der Waals surface area (Å²) < 4.78 is 0. The van der Waals surface area contributed by atoms with Crippen molar-refractivity contribution in [2.45, 2.75) is 88.9 Å². The lowest BCUT2D eigenvalue weighted by molar-refractivity contribution is 0.291. The number of fused-ring (bicyclic) bond motifs is 4. The zero-order valence-electron chi connectivity index (χ0n) is 30.7. The fourth-order valence-corrected chi connectivity index (χ4v) is 12.0. The van der Waals surface area contributed by atoms with Crippen LogP contribution in [0.5, 0.6) is 23.0 Å². The first-order valence-corrected chi connectivity index (χ1v) is 19.3. The molecule has 5 aromatic carbocycles. The third-order valence-corrected chi connectivity index (χ3v) is 14.6. The molecule has 0 aliphatic heterocycles. The molecule has 4 bridgehead atoms. The van der Waals surface area contributed by atoms with E-state index in [1.165, 1.54) is 46.2 Å². The summed E-state index contributed by atoms with van der Waals surface area (Å²) >= 11 is 0. The molecule has 4 nitrogen and oxygen atoms in total. The summed E-state index contributed by atoms with van der Waals surface area (Å²) in [6.07, 6.45) is 6.79. The van der Waals surface area contributed by atoms with Crippen LogP contribution in [0.4, 0.5) is 0 Å². The molecule has 0 heterocycles. The van der Waals surface area contributed by atoms with E-state index in [0.29, 0.717) is 58.5 Å². The van der Waals surface area contributed by atoms with Crippen molar-refractivity contribution in [1.29, 1.82) is 0 Å². The topological polar surface area (TPSA) is 80.9 Å². The van der Waals surface area contributed by atoms with Crippen LogP contribution in [0, 0.1) is 51.4 Å². The SMILES string of the molecule is Cc1cc(C2(c3ccc(O)c(C)c3)CC3CC2CC3c2ccc(C3CC4CC3CC4(c3ccc(O)c(C)c3)c3ccc(O)c(C)c3)cc2)ccc1O. The third-order valence-electron chi connectivity index (χ3n) is 14.6. The first kappa shape index (κ1) is 33.2. The Hall–Kier alpha value is -4.70. The van der Waals surface area contributed by atoms with Crippen molar-refractivity contribution in [2.24, 2.45) is 23.7 Å². The minimum Gasteiger partial charge on any atom is -0.508 e. The van der Waals surface area contributed by atoms with Gasteiger partial charge in [-0.3, -0.25) is 0 Å². The van der Waals surface area contributed by atoms with E-state index in [0.717, 1.165) is 47.9 Å². The van der Waals surface area contributed by atoms with Crippen molar-refractivity contribution >= 4 is 0 Å². The smallest absolute Gasteiger partial charge is 0.118 e. The number of rotatable bonds is 6. The number of aromatic hydroxyl groups is 4. The second-order valence-corrected chi connectivity index (χ2v) is 17.1. The lowest BCUT2D eigenvalue weighted by atomic mass is 9.61. The molecule has 4 aliphatic rings. The van der Waals surface area contributed by atoms with Gasteiger partial charge in [-0.1, -0.05) is 72.8 Å². The number of benzene rings is 5. The van der Waals surface area contributed by atoms with Crippen molar-refractivity contribution in [1.82, 2.24) is 0 Å². The van der Waals surface area contributed by atoms with Crippen LogP contribution in [0.1, 0.15) is 106 Å². The van der Waals surface area contributed by atoms with Crippen molar-refractivity contribution in [3.05, 3.63) is 153 Å². The normalized spacial score (nSPS) is 26.6. The Morgan fingerprint density at radius 2 is 0.692 bits per heavy atom. The molecule has 4 fully saturated rings. The zero-order chi connectivity index (χ0) is 36.1. The van der Waals surface area contributed by atoms with E-state index in [1.54, 1.807) is 0 Å². The van der Waals surface area contributed by atoms with Crippen LogP contribution in [0.25, 0.3) is 0 Å². The summed E-state index contributed by atoms with van der Waals surface area (Å²) in [7, 11) is 0. The number of hydrogen-bond acceptors (Lipinski definition) is 4. The largest absolute Gasteiger partial charge is 0.508 e. The van der Waals surface area contributed by atoms with E-state index < -0.39 is 0 Å². The van der Waals surface area contributed by atoms with Crippen molar-refractivity contribution in [3.63, 3.8) is 0 Å². The van der Waals surface area contributed by atoms with Gasteiger partial charge in [0, 0.05) is 10.8 Å². The van der Waals surface area contributed by atoms with E-state index in [9.17, 15) is 20.4 Å². The molecule has 4 aliphatic carbocycles. The van der Waals surface area contributed by atoms with Gasteiger partial charge in [0.25, 0.3) is 0 Å². The van der Waals surface area contributed by atoms with E-state index in [1.807, 2.05) is 52.0 Å². The molecule has 52 heavy (non-hydrogen) atoms. The first-order valence-electron chi connectivity index (χ1n) is 19.3. The predicted octanol–water partition coefficient (Wildman–Crippen LogP) is 10.7. The standard InChI is InChI=1S/C48H50O4/c1-27-17-35(9-13-43(27)49)47(36-10-14-44(50)28(2)18-36)25-33-21-39(47)23-41(33)31-5-7-32(8-6-31)42-24-40-22-34(42)26-48(40,37-11-15-45(51)29(3)19-37)38-12-16-46(52)30(4)20-38/h5-20,33-34,39-42,49-52H,21-26H2,1-4H3. The molecule has 9 rings (SSSR count). The predicted molar refractivity (Wildman–Crippen MR) is 207 cm³/mol. The molecule has 266 valence electrons. The lowest BCUT2D eigenvalue weighted by Crippen LogP contribution is -2.36. The number of hydrogen-bond donors (Lipinski definition) is 4. The molecule has 5 aromatic rings. The van der Waals surface area contributed by atoms with Gasteiger partial charge in [-0.2, -0.15) is 0 Å². The van der Waals surface area contributed by atoms with Crippen LogP contribution >= 0.6 is 0 Å². The fourth-order valence-electron chi connectivity index (χ4n) is 12.0. The van der Waals surface area contributed by atoms with E-state index >= 15 is 0 Å². The van der Waals surface area contributed by atoms with Crippen LogP contribution < -0.4 is 0 Å². The van der Waals surface area contributed by atoms with Gasteiger partial charge in [-0.05, 0) is 182 Å². The Labute approximate surface area is 307 Å². The van der Waals surface area contributed by atoms with Crippen LogP contribution in [-0.4, -0.2) is 20.4 Å². The molecule has 0 aromatic heterocycles. The van der Waals surface area contributed by atoms with Crippen molar-refractivity contribution in [3.8, 4) is 23.0 Å². The van der Waals surface area contributed by atoms with Gasteiger partial charge in [-0.25, -0.2) is 0 Å². The van der Waals surface area contributed by atoms with Gasteiger partial charge in [0.15, 0.2) is 0 Å². The molecule has 4 heteroatoms. The monoisotopic (exact) mass is 690 g/mol. The molecule has 4 saturated carbocycles. The van der Waals surface area contributed by atoms with Gasteiger partial charge in [0.05, 0.1) is 0 Å². The van der Waals surface area contributed by atoms with Crippen molar-refractivity contribution in [2.75, 3.05) is 0 Å². The summed E-state index contributed by atoms with van der Waals surface area (Å²) in [5.41, 5.74) is 11.5. The zero-order valence-corrected chi connectivity index (χ0v) is 30.7. The minimum atomic E-state index is -0.125. The summed E-state index contributed by atoms with van der Waals surface area (Å²) in [6, 6.07) is 34.5. The van der Waals surface area contributed by atoms with Gasteiger partial charge >= 0.3 is 0 Å². The highest BCUT2D eigenvalue weighted by Crippen LogP contribution is 2.66. The van der Waals surface area contributed by atoms with Gasteiger partial charge in [-0.15, -0.1) is 0 Å². The number of phenolic OH excluding ortho intramolecular Hbond substituents is 4. The third kappa shape index (κ3) is 4.86. The van der Waals surface area contributed by atoms with Crippen LogP contribution in [0.3, 0.4) is 0 Å². The van der Waals surface area contributed by atoms with Crippen molar-refractivity contribution < 1.29 is 20.4 Å². The molecule has 6 unspecified atom stereocenters. The van der Waals surface area contributed by atoms with Crippen LogP contribution in [0.2, 0.25) is 0 Å².